The van der Waals surface area contributed by atoms with Crippen molar-refractivity contribution >= 4 is 12.0 Å². The molecule has 3 aromatic carbocycles. The largest absolute Gasteiger partial charge is 0.459 e. The molecule has 2 heterocycles. The van der Waals surface area contributed by atoms with Crippen LogP contribution in [-0.2, 0) is 32.2 Å². The van der Waals surface area contributed by atoms with Gasteiger partial charge in [0.25, 0.3) is 0 Å². The Balaban J connectivity index is 1.38. The number of benzene rings is 3. The smallest absolute Gasteiger partial charge is 0.323 e. The summed E-state index contributed by atoms with van der Waals surface area (Å²) in [7, 11) is 0. The number of carbonyl (C=O) groups is 2. The van der Waals surface area contributed by atoms with E-state index < -0.39 is 11.9 Å². The molecule has 0 aromatic heterocycles. The van der Waals surface area contributed by atoms with E-state index in [1.807, 2.05) is 82.3 Å². The first-order chi connectivity index (χ1) is 22.6. The van der Waals surface area contributed by atoms with E-state index in [4.69, 9.17) is 14.2 Å². The first-order valence-corrected chi connectivity index (χ1v) is 16.7. The lowest BCUT2D eigenvalue weighted by Gasteiger charge is -2.43. The van der Waals surface area contributed by atoms with Gasteiger partial charge >= 0.3 is 12.0 Å². The van der Waals surface area contributed by atoms with E-state index in [2.05, 4.69) is 40.7 Å². The number of aliphatic hydroxyl groups is 1. The minimum absolute atomic E-state index is 0.00493. The summed E-state index contributed by atoms with van der Waals surface area (Å²) >= 11 is 0. The molecule has 5 rings (SSSR count). The molecule has 0 aliphatic carbocycles. The average molecular weight is 644 g/mol. The van der Waals surface area contributed by atoms with Crippen LogP contribution in [0, 0.1) is 5.92 Å². The molecule has 2 aliphatic rings. The van der Waals surface area contributed by atoms with Crippen LogP contribution < -0.4 is 10.6 Å². The SMILES string of the molecule is CCNC(=O)NCc1ccccc1-c1ccc([C@@H]2O[C@H](CN3CCC[C@H]3C(=O)OC(C)(C)C)[C@H](C)[C@H](c3ccc(CO)cc3)O2)cc1. The van der Waals surface area contributed by atoms with Crippen LogP contribution in [0.2, 0.25) is 0 Å². The molecule has 252 valence electrons. The lowest BCUT2D eigenvalue weighted by atomic mass is 9.89. The molecular formula is C38H49N3O6. The predicted molar refractivity (Wildman–Crippen MR) is 181 cm³/mol. The van der Waals surface area contributed by atoms with Crippen molar-refractivity contribution in [3.8, 4) is 11.1 Å². The van der Waals surface area contributed by atoms with Crippen molar-refractivity contribution in [1.29, 1.82) is 0 Å². The van der Waals surface area contributed by atoms with Crippen LogP contribution in [0.3, 0.4) is 0 Å². The number of esters is 1. The predicted octanol–water partition coefficient (Wildman–Crippen LogP) is 6.26. The number of hydrogen-bond acceptors (Lipinski definition) is 7. The summed E-state index contributed by atoms with van der Waals surface area (Å²) in [5, 5.41) is 15.3. The van der Waals surface area contributed by atoms with E-state index in [-0.39, 0.29) is 42.8 Å². The second-order valence-electron chi connectivity index (χ2n) is 13.5. The topological polar surface area (TPSA) is 109 Å². The van der Waals surface area contributed by atoms with Crippen LogP contribution in [0.15, 0.2) is 72.8 Å². The number of likely N-dealkylation sites (tertiary alicyclic amines) is 1. The normalized spacial score (nSPS) is 23.3. The summed E-state index contributed by atoms with van der Waals surface area (Å²) in [6, 6.07) is 23.6. The molecule has 2 fully saturated rings. The molecule has 0 radical (unpaired) electrons. The molecular weight excluding hydrogens is 594 g/mol. The molecule has 9 nitrogen and oxygen atoms in total. The van der Waals surface area contributed by atoms with Gasteiger partial charge in [0.1, 0.15) is 11.6 Å². The zero-order chi connectivity index (χ0) is 33.6. The van der Waals surface area contributed by atoms with Crippen LogP contribution in [0.5, 0.6) is 0 Å². The number of hydrogen-bond donors (Lipinski definition) is 3. The molecule has 3 aromatic rings. The Labute approximate surface area is 278 Å². The van der Waals surface area contributed by atoms with E-state index in [0.717, 1.165) is 52.8 Å². The molecule has 2 saturated heterocycles. The van der Waals surface area contributed by atoms with Crippen LogP contribution in [-0.4, -0.2) is 59.4 Å². The fourth-order valence-corrected chi connectivity index (χ4v) is 6.42. The van der Waals surface area contributed by atoms with Gasteiger partial charge in [0.15, 0.2) is 6.29 Å². The van der Waals surface area contributed by atoms with E-state index in [9.17, 15) is 14.7 Å². The molecule has 9 heteroatoms. The lowest BCUT2D eigenvalue weighted by Crippen LogP contribution is -2.48. The molecule has 2 amide bonds. The molecule has 3 N–H and O–H groups in total. The zero-order valence-electron chi connectivity index (χ0n) is 28.2. The number of nitrogens with zero attached hydrogens (tertiary/aromatic N) is 1. The summed E-state index contributed by atoms with van der Waals surface area (Å²) in [6.07, 6.45) is 0.613. The lowest BCUT2D eigenvalue weighted by molar-refractivity contribution is -0.276. The number of ether oxygens (including phenoxy) is 3. The molecule has 0 spiro atoms. The van der Waals surface area contributed by atoms with Gasteiger partial charge in [0, 0.05) is 31.1 Å². The molecule has 2 aliphatic heterocycles. The van der Waals surface area contributed by atoms with Gasteiger partial charge in [-0.05, 0) is 74.9 Å². The van der Waals surface area contributed by atoms with Crippen LogP contribution in [0.25, 0.3) is 11.1 Å². The summed E-state index contributed by atoms with van der Waals surface area (Å²) < 4.78 is 19.2. The minimum atomic E-state index is -0.620. The third-order valence-corrected chi connectivity index (χ3v) is 8.87. The Morgan fingerprint density at radius 1 is 0.957 bits per heavy atom. The van der Waals surface area contributed by atoms with E-state index in [1.54, 1.807) is 0 Å². The first kappa shape index (κ1) is 34.6. The highest BCUT2D eigenvalue weighted by Crippen LogP contribution is 2.42. The maximum Gasteiger partial charge on any atom is 0.323 e. The Kier molecular flexibility index (Phi) is 11.3. The maximum absolute atomic E-state index is 13.1. The Morgan fingerprint density at radius 2 is 1.66 bits per heavy atom. The quantitative estimate of drug-likeness (QED) is 0.224. The Morgan fingerprint density at radius 3 is 2.34 bits per heavy atom. The average Bonchev–Trinajstić information content (AvgIpc) is 3.53. The number of rotatable bonds is 10. The first-order valence-electron chi connectivity index (χ1n) is 16.7. The van der Waals surface area contributed by atoms with Gasteiger partial charge in [-0.15, -0.1) is 0 Å². The molecule has 47 heavy (non-hydrogen) atoms. The van der Waals surface area contributed by atoms with E-state index >= 15 is 0 Å². The second-order valence-corrected chi connectivity index (χ2v) is 13.5. The summed E-state index contributed by atoms with van der Waals surface area (Å²) in [5.41, 5.74) is 5.29. The highest BCUT2D eigenvalue weighted by molar-refractivity contribution is 5.76. The van der Waals surface area contributed by atoms with Crippen LogP contribution in [0.4, 0.5) is 4.79 Å². The van der Waals surface area contributed by atoms with Crippen LogP contribution >= 0.6 is 0 Å². The van der Waals surface area contributed by atoms with Gasteiger partial charge < -0.3 is 30.0 Å². The van der Waals surface area contributed by atoms with Gasteiger partial charge in [-0.1, -0.05) is 79.7 Å². The Hall–Kier alpha value is -3.76. The number of nitrogens with one attached hydrogen (secondary N) is 2. The number of amides is 2. The fraction of sp³-hybridized carbons (Fsp3) is 0.474. The summed E-state index contributed by atoms with van der Waals surface area (Å²) in [6.45, 7) is 12.1. The van der Waals surface area contributed by atoms with Crippen molar-refractivity contribution in [3.63, 3.8) is 0 Å². The van der Waals surface area contributed by atoms with Crippen molar-refractivity contribution in [2.75, 3.05) is 19.6 Å². The summed E-state index contributed by atoms with van der Waals surface area (Å²) in [5.74, 6) is -0.186. The van der Waals surface area contributed by atoms with Crippen molar-refractivity contribution < 1.29 is 28.9 Å². The number of carbonyl (C=O) groups excluding carboxylic acids is 2. The van der Waals surface area contributed by atoms with Crippen molar-refractivity contribution in [1.82, 2.24) is 15.5 Å². The van der Waals surface area contributed by atoms with Crippen molar-refractivity contribution in [2.24, 2.45) is 5.92 Å². The van der Waals surface area contributed by atoms with Crippen molar-refractivity contribution in [2.45, 2.75) is 90.8 Å². The third kappa shape index (κ3) is 8.78. The van der Waals surface area contributed by atoms with Gasteiger partial charge in [-0.2, -0.15) is 0 Å². The standard InChI is InChI=1S/C38H49N3O6/c1-6-39-37(44)40-22-30-10-7-8-11-31(30)27-17-19-29(20-18-27)36-45-33(23-41-21-9-12-32(41)35(43)47-38(3,4)5)25(2)34(46-36)28-15-13-26(24-42)14-16-28/h7-8,10-11,13-20,25,32-34,36,42H,6,9,12,21-24H2,1-5H3,(H2,39,40,44)/t25-,32-,33+,34+,36+/m0/s1. The van der Waals surface area contributed by atoms with Gasteiger partial charge in [0.05, 0.1) is 18.8 Å². The van der Waals surface area contributed by atoms with Crippen LogP contribution in [0.1, 0.15) is 82.1 Å². The van der Waals surface area contributed by atoms with Gasteiger partial charge in [-0.25, -0.2) is 4.79 Å². The van der Waals surface area contributed by atoms with Gasteiger partial charge in [-0.3, -0.25) is 9.69 Å². The molecule has 5 atom stereocenters. The van der Waals surface area contributed by atoms with Crippen molar-refractivity contribution in [3.05, 3.63) is 95.1 Å². The monoisotopic (exact) mass is 643 g/mol. The minimum Gasteiger partial charge on any atom is -0.459 e. The van der Waals surface area contributed by atoms with E-state index in [0.29, 0.717) is 19.6 Å². The molecule has 0 bridgehead atoms. The number of urea groups is 1. The van der Waals surface area contributed by atoms with E-state index in [1.165, 1.54) is 0 Å². The van der Waals surface area contributed by atoms with Gasteiger partial charge in [0.2, 0.25) is 0 Å². The highest BCUT2D eigenvalue weighted by Gasteiger charge is 2.42. The number of aliphatic hydroxyl groups excluding tert-OH is 1. The Bertz CT molecular complexity index is 1490. The third-order valence-electron chi connectivity index (χ3n) is 8.87. The molecule has 0 saturated carbocycles. The molecule has 0 unspecified atom stereocenters. The highest BCUT2D eigenvalue weighted by atomic mass is 16.7. The maximum atomic E-state index is 13.1. The summed E-state index contributed by atoms with van der Waals surface area (Å²) in [4.78, 5) is 27.4. The second kappa shape index (κ2) is 15.4. The fourth-order valence-electron chi connectivity index (χ4n) is 6.42. The zero-order valence-corrected chi connectivity index (χ0v) is 28.2.